The first-order valence-electron chi connectivity index (χ1n) is 10.9. The number of amides is 2. The smallest absolute Gasteiger partial charge is 0.251 e. The quantitative estimate of drug-likeness (QED) is 0.759. The molecular formula is C23H30N4O4. The fourth-order valence-corrected chi connectivity index (χ4v) is 4.31. The second-order valence-corrected chi connectivity index (χ2v) is 8.19. The predicted octanol–water partition coefficient (Wildman–Crippen LogP) is 1.63. The van der Waals surface area contributed by atoms with Crippen molar-refractivity contribution >= 4 is 11.8 Å². The van der Waals surface area contributed by atoms with Gasteiger partial charge in [-0.15, -0.1) is 0 Å². The van der Waals surface area contributed by atoms with Gasteiger partial charge in [-0.1, -0.05) is 30.3 Å². The van der Waals surface area contributed by atoms with Crippen LogP contribution in [-0.2, 0) is 31.1 Å². The van der Waals surface area contributed by atoms with Gasteiger partial charge in [0.25, 0.3) is 5.91 Å². The summed E-state index contributed by atoms with van der Waals surface area (Å²) in [5, 5.41) is 7.47. The third-order valence-electron chi connectivity index (χ3n) is 6.21. The summed E-state index contributed by atoms with van der Waals surface area (Å²) in [7, 11) is 0. The molecule has 1 aromatic heterocycles. The van der Waals surface area contributed by atoms with E-state index in [0.29, 0.717) is 52.2 Å². The third-order valence-corrected chi connectivity index (χ3v) is 6.21. The Morgan fingerprint density at radius 3 is 2.65 bits per heavy atom. The molecule has 0 spiro atoms. The van der Waals surface area contributed by atoms with Crippen molar-refractivity contribution in [3.05, 3.63) is 53.9 Å². The fraction of sp³-hybridized carbons (Fsp3) is 0.522. The molecular weight excluding hydrogens is 396 g/mol. The highest BCUT2D eigenvalue weighted by molar-refractivity contribution is 5.83. The number of morpholine rings is 1. The van der Waals surface area contributed by atoms with Crippen LogP contribution in [-0.4, -0.2) is 65.5 Å². The van der Waals surface area contributed by atoms with Gasteiger partial charge >= 0.3 is 0 Å². The van der Waals surface area contributed by atoms with E-state index in [-0.39, 0.29) is 18.4 Å². The molecule has 8 heteroatoms. The van der Waals surface area contributed by atoms with Crippen LogP contribution in [0.15, 0.2) is 42.6 Å². The monoisotopic (exact) mass is 426 g/mol. The molecule has 1 atom stereocenters. The number of nitrogens with one attached hydrogen (secondary N) is 1. The normalized spacial score (nSPS) is 20.9. The lowest BCUT2D eigenvalue weighted by atomic mass is 9.82. The zero-order chi connectivity index (χ0) is 21.7. The maximum absolute atomic E-state index is 13.2. The van der Waals surface area contributed by atoms with E-state index in [1.165, 1.54) is 0 Å². The summed E-state index contributed by atoms with van der Waals surface area (Å²) in [5.74, 6) is -0.161. The number of rotatable bonds is 6. The van der Waals surface area contributed by atoms with Crippen molar-refractivity contribution in [2.24, 2.45) is 0 Å². The lowest BCUT2D eigenvalue weighted by Gasteiger charge is -2.40. The number of hydrogen-bond acceptors (Lipinski definition) is 5. The minimum Gasteiger partial charge on any atom is -0.381 e. The molecule has 2 saturated heterocycles. The molecule has 8 nitrogen and oxygen atoms in total. The molecule has 1 aromatic carbocycles. The zero-order valence-electron chi connectivity index (χ0n) is 18.0. The average molecular weight is 427 g/mol. The van der Waals surface area contributed by atoms with Crippen LogP contribution < -0.4 is 5.32 Å². The van der Waals surface area contributed by atoms with E-state index in [9.17, 15) is 9.59 Å². The highest BCUT2D eigenvalue weighted by Gasteiger charge is 2.39. The molecule has 2 aliphatic heterocycles. The van der Waals surface area contributed by atoms with Crippen molar-refractivity contribution < 1.29 is 19.1 Å². The molecule has 0 saturated carbocycles. The third kappa shape index (κ3) is 4.97. The van der Waals surface area contributed by atoms with Crippen molar-refractivity contribution in [1.82, 2.24) is 20.0 Å². The number of carbonyl (C=O) groups excluding carboxylic acids is 2. The van der Waals surface area contributed by atoms with Gasteiger partial charge in [-0.2, -0.15) is 5.10 Å². The number of ether oxygens (including phenoxy) is 2. The van der Waals surface area contributed by atoms with E-state index in [1.54, 1.807) is 11.1 Å². The SMILES string of the molecule is Cc1ccnn1CCC(=O)N1CCOC(C(=O)NC2(c3ccccc3)CCOCC2)C1. The molecule has 166 valence electrons. The van der Waals surface area contributed by atoms with Crippen LogP contribution in [0.1, 0.15) is 30.5 Å². The Bertz CT molecular complexity index is 892. The van der Waals surface area contributed by atoms with E-state index in [1.807, 2.05) is 48.0 Å². The molecule has 0 bridgehead atoms. The first-order chi connectivity index (χ1) is 15.1. The number of aromatic nitrogens is 2. The van der Waals surface area contributed by atoms with Gasteiger partial charge in [0.15, 0.2) is 6.10 Å². The number of benzene rings is 1. The largest absolute Gasteiger partial charge is 0.381 e. The summed E-state index contributed by atoms with van der Waals surface area (Å²) in [4.78, 5) is 27.6. The highest BCUT2D eigenvalue weighted by Crippen LogP contribution is 2.32. The van der Waals surface area contributed by atoms with E-state index in [2.05, 4.69) is 10.4 Å². The topological polar surface area (TPSA) is 85.7 Å². The molecule has 2 aromatic rings. The molecule has 1 unspecified atom stereocenters. The maximum Gasteiger partial charge on any atom is 0.251 e. The summed E-state index contributed by atoms with van der Waals surface area (Å²) in [6, 6.07) is 11.9. The summed E-state index contributed by atoms with van der Waals surface area (Å²) in [6.45, 7) is 4.80. The lowest BCUT2D eigenvalue weighted by molar-refractivity contribution is -0.149. The Labute approximate surface area is 182 Å². The van der Waals surface area contributed by atoms with E-state index in [0.717, 1.165) is 11.3 Å². The van der Waals surface area contributed by atoms with Crippen LogP contribution in [0.5, 0.6) is 0 Å². The molecule has 0 radical (unpaired) electrons. The Kier molecular flexibility index (Phi) is 6.67. The minimum absolute atomic E-state index is 0.0137. The van der Waals surface area contributed by atoms with Crippen LogP contribution in [0.3, 0.4) is 0 Å². The van der Waals surface area contributed by atoms with Crippen molar-refractivity contribution in [1.29, 1.82) is 0 Å². The van der Waals surface area contributed by atoms with Gasteiger partial charge in [0.1, 0.15) is 0 Å². The molecule has 2 amide bonds. The van der Waals surface area contributed by atoms with Crippen LogP contribution in [0, 0.1) is 6.92 Å². The summed E-state index contributed by atoms with van der Waals surface area (Å²) in [5.41, 5.74) is 1.63. The zero-order valence-corrected chi connectivity index (χ0v) is 18.0. The van der Waals surface area contributed by atoms with Gasteiger partial charge in [-0.3, -0.25) is 14.3 Å². The van der Waals surface area contributed by atoms with Crippen molar-refractivity contribution in [2.45, 2.75) is 44.4 Å². The van der Waals surface area contributed by atoms with Gasteiger partial charge in [-0.05, 0) is 31.4 Å². The average Bonchev–Trinajstić information content (AvgIpc) is 3.23. The summed E-state index contributed by atoms with van der Waals surface area (Å²) in [6.07, 6.45) is 2.83. The van der Waals surface area contributed by atoms with Crippen molar-refractivity contribution in [3.8, 4) is 0 Å². The molecule has 1 N–H and O–H groups in total. The molecule has 31 heavy (non-hydrogen) atoms. The molecule has 2 fully saturated rings. The first-order valence-corrected chi connectivity index (χ1v) is 10.9. The number of nitrogens with zero attached hydrogens (tertiary/aromatic N) is 3. The van der Waals surface area contributed by atoms with Gasteiger partial charge in [0, 0.05) is 44.6 Å². The number of aryl methyl sites for hydroxylation is 2. The second-order valence-electron chi connectivity index (χ2n) is 8.19. The van der Waals surface area contributed by atoms with Gasteiger partial charge in [-0.25, -0.2) is 0 Å². The van der Waals surface area contributed by atoms with Crippen molar-refractivity contribution in [3.63, 3.8) is 0 Å². The predicted molar refractivity (Wildman–Crippen MR) is 114 cm³/mol. The first kappa shape index (κ1) is 21.5. The Morgan fingerprint density at radius 2 is 1.94 bits per heavy atom. The lowest BCUT2D eigenvalue weighted by Crippen LogP contribution is -2.57. The molecule has 3 heterocycles. The van der Waals surface area contributed by atoms with Gasteiger partial charge in [0.05, 0.1) is 18.7 Å². The fourth-order valence-electron chi connectivity index (χ4n) is 4.31. The van der Waals surface area contributed by atoms with Crippen LogP contribution in [0.4, 0.5) is 0 Å². The summed E-state index contributed by atoms with van der Waals surface area (Å²) < 4.78 is 13.1. The van der Waals surface area contributed by atoms with Gasteiger partial charge < -0.3 is 19.7 Å². The van der Waals surface area contributed by atoms with Crippen LogP contribution >= 0.6 is 0 Å². The van der Waals surface area contributed by atoms with Gasteiger partial charge in [0.2, 0.25) is 5.91 Å². The summed E-state index contributed by atoms with van der Waals surface area (Å²) >= 11 is 0. The van der Waals surface area contributed by atoms with Crippen LogP contribution in [0.25, 0.3) is 0 Å². The molecule has 0 aliphatic carbocycles. The number of carbonyl (C=O) groups is 2. The Hall–Kier alpha value is -2.71. The second kappa shape index (κ2) is 9.62. The Morgan fingerprint density at radius 1 is 1.16 bits per heavy atom. The van der Waals surface area contributed by atoms with E-state index < -0.39 is 11.6 Å². The minimum atomic E-state index is -0.674. The van der Waals surface area contributed by atoms with Crippen molar-refractivity contribution in [2.75, 3.05) is 32.9 Å². The standard InChI is InChI=1S/C23H30N4O4/c1-18-7-11-24-27(18)12-8-21(28)26-13-16-31-20(17-26)22(29)25-23(9-14-30-15-10-23)19-5-3-2-4-6-19/h2-7,11,20H,8-10,12-17H2,1H3,(H,25,29). The van der Waals surface area contributed by atoms with Crippen LogP contribution in [0.2, 0.25) is 0 Å². The molecule has 2 aliphatic rings. The number of hydrogen-bond donors (Lipinski definition) is 1. The van der Waals surface area contributed by atoms with E-state index in [4.69, 9.17) is 9.47 Å². The Balaban J connectivity index is 1.38. The molecule has 4 rings (SSSR count). The van der Waals surface area contributed by atoms with E-state index >= 15 is 0 Å². The maximum atomic E-state index is 13.2. The highest BCUT2D eigenvalue weighted by atomic mass is 16.5.